The van der Waals surface area contributed by atoms with Crippen molar-refractivity contribution < 1.29 is 19.1 Å². The van der Waals surface area contributed by atoms with Gasteiger partial charge in [-0.15, -0.1) is 0 Å². The maximum Gasteiger partial charge on any atom is 0.266 e. The fraction of sp³-hybridized carbons (Fsp3) is 0.292. The number of para-hydroxylation sites is 1. The van der Waals surface area contributed by atoms with E-state index < -0.39 is 0 Å². The summed E-state index contributed by atoms with van der Waals surface area (Å²) in [5.74, 6) is 0.842. The molecule has 33 heavy (non-hydrogen) atoms. The summed E-state index contributed by atoms with van der Waals surface area (Å²) in [5, 5.41) is 0. The van der Waals surface area contributed by atoms with Crippen LogP contribution in [0.4, 0.5) is 5.69 Å². The summed E-state index contributed by atoms with van der Waals surface area (Å²) in [7, 11) is 3.13. The third-order valence-corrected chi connectivity index (χ3v) is 7.00. The molecule has 0 radical (unpaired) electrons. The van der Waals surface area contributed by atoms with Crippen LogP contribution >= 0.6 is 24.0 Å². The largest absolute Gasteiger partial charge is 0.493 e. The number of amides is 2. The van der Waals surface area contributed by atoms with Crippen LogP contribution in [0.15, 0.2) is 53.4 Å². The lowest BCUT2D eigenvalue weighted by molar-refractivity contribution is -0.135. The van der Waals surface area contributed by atoms with Gasteiger partial charge in [0.25, 0.3) is 5.91 Å². The van der Waals surface area contributed by atoms with E-state index in [0.29, 0.717) is 33.8 Å². The molecule has 0 atom stereocenters. The molecule has 2 heterocycles. The van der Waals surface area contributed by atoms with E-state index in [4.69, 9.17) is 21.7 Å². The fourth-order valence-corrected chi connectivity index (χ4v) is 5.07. The minimum absolute atomic E-state index is 0.0424. The maximum atomic E-state index is 13.0. The van der Waals surface area contributed by atoms with Crippen molar-refractivity contribution in [3.05, 3.63) is 59.0 Å². The predicted molar refractivity (Wildman–Crippen MR) is 135 cm³/mol. The molecule has 7 nitrogen and oxygen atoms in total. The van der Waals surface area contributed by atoms with Crippen LogP contribution in [0.5, 0.6) is 11.5 Å². The molecule has 2 fully saturated rings. The summed E-state index contributed by atoms with van der Waals surface area (Å²) in [4.78, 5) is 31.8. The standard InChI is InChI=1S/C24H25N3O4S2/c1-30-19-9-8-17(14-20(19)31-2)15-21-23(29)27(24(32)33-21)16-22(28)26-12-10-25(11-13-26)18-6-4-3-5-7-18/h3-9,14-15H,10-13,16H2,1-2H3/b21-15+. The van der Waals surface area contributed by atoms with Gasteiger partial charge >= 0.3 is 0 Å². The highest BCUT2D eigenvalue weighted by atomic mass is 32.2. The Morgan fingerprint density at radius 3 is 2.39 bits per heavy atom. The first-order chi connectivity index (χ1) is 16.0. The van der Waals surface area contributed by atoms with E-state index in [1.807, 2.05) is 24.3 Å². The molecule has 0 aliphatic carbocycles. The van der Waals surface area contributed by atoms with E-state index in [1.165, 1.54) is 16.7 Å². The highest BCUT2D eigenvalue weighted by Crippen LogP contribution is 2.34. The number of carbonyl (C=O) groups excluding carboxylic acids is 2. The number of ether oxygens (including phenoxy) is 2. The second-order valence-corrected chi connectivity index (χ2v) is 9.26. The Balaban J connectivity index is 1.38. The summed E-state index contributed by atoms with van der Waals surface area (Å²) >= 11 is 6.61. The second-order valence-electron chi connectivity index (χ2n) is 7.59. The van der Waals surface area contributed by atoms with Crippen molar-refractivity contribution >= 4 is 51.9 Å². The molecule has 2 aliphatic rings. The zero-order valence-electron chi connectivity index (χ0n) is 18.5. The van der Waals surface area contributed by atoms with Gasteiger partial charge in [0, 0.05) is 31.9 Å². The van der Waals surface area contributed by atoms with Crippen LogP contribution in [-0.4, -0.2) is 72.9 Å². The average molecular weight is 484 g/mol. The summed E-state index contributed by atoms with van der Waals surface area (Å²) in [6, 6.07) is 15.6. The molecule has 2 aromatic rings. The number of benzene rings is 2. The molecule has 2 aromatic carbocycles. The van der Waals surface area contributed by atoms with Gasteiger partial charge in [-0.2, -0.15) is 0 Å². The van der Waals surface area contributed by atoms with Gasteiger partial charge < -0.3 is 19.3 Å². The van der Waals surface area contributed by atoms with Crippen LogP contribution < -0.4 is 14.4 Å². The van der Waals surface area contributed by atoms with Crippen molar-refractivity contribution in [2.45, 2.75) is 0 Å². The molecular weight excluding hydrogens is 458 g/mol. The van der Waals surface area contributed by atoms with Gasteiger partial charge in [-0.25, -0.2) is 0 Å². The number of hydrogen-bond acceptors (Lipinski definition) is 7. The summed E-state index contributed by atoms with van der Waals surface area (Å²) < 4.78 is 11.0. The van der Waals surface area contributed by atoms with E-state index in [-0.39, 0.29) is 18.4 Å². The van der Waals surface area contributed by atoms with E-state index in [9.17, 15) is 9.59 Å². The van der Waals surface area contributed by atoms with Crippen LogP contribution in [0.3, 0.4) is 0 Å². The predicted octanol–water partition coefficient (Wildman–Crippen LogP) is 3.25. The lowest BCUT2D eigenvalue weighted by Gasteiger charge is -2.36. The molecule has 2 amide bonds. The van der Waals surface area contributed by atoms with Crippen molar-refractivity contribution in [3.8, 4) is 11.5 Å². The minimum Gasteiger partial charge on any atom is -0.493 e. The van der Waals surface area contributed by atoms with Gasteiger partial charge in [0.1, 0.15) is 10.9 Å². The number of thiocarbonyl (C=S) groups is 1. The molecule has 0 unspecified atom stereocenters. The maximum absolute atomic E-state index is 13.0. The molecule has 0 bridgehead atoms. The Kier molecular flexibility index (Phi) is 7.20. The first kappa shape index (κ1) is 23.1. The molecule has 2 aliphatic heterocycles. The van der Waals surface area contributed by atoms with Crippen LogP contribution in [0.1, 0.15) is 5.56 Å². The first-order valence-corrected chi connectivity index (χ1v) is 11.8. The Morgan fingerprint density at radius 2 is 1.73 bits per heavy atom. The van der Waals surface area contributed by atoms with Crippen molar-refractivity contribution in [1.29, 1.82) is 0 Å². The number of nitrogens with zero attached hydrogens (tertiary/aromatic N) is 3. The van der Waals surface area contributed by atoms with Crippen molar-refractivity contribution in [2.24, 2.45) is 0 Å². The lowest BCUT2D eigenvalue weighted by atomic mass is 10.2. The van der Waals surface area contributed by atoms with Gasteiger partial charge in [0.15, 0.2) is 11.5 Å². The normalized spacial score (nSPS) is 17.6. The van der Waals surface area contributed by atoms with Gasteiger partial charge in [0.05, 0.1) is 19.1 Å². The highest BCUT2D eigenvalue weighted by Gasteiger charge is 2.35. The molecule has 0 aromatic heterocycles. The highest BCUT2D eigenvalue weighted by molar-refractivity contribution is 8.26. The number of methoxy groups -OCH3 is 2. The second kappa shape index (κ2) is 10.3. The van der Waals surface area contributed by atoms with Gasteiger partial charge in [-0.3, -0.25) is 14.5 Å². The van der Waals surface area contributed by atoms with Crippen LogP contribution in [-0.2, 0) is 9.59 Å². The molecule has 4 rings (SSSR count). The third-order valence-electron chi connectivity index (χ3n) is 5.63. The molecule has 0 saturated carbocycles. The van der Waals surface area contributed by atoms with Gasteiger partial charge in [-0.1, -0.05) is 48.2 Å². The molecule has 172 valence electrons. The quantitative estimate of drug-likeness (QED) is 0.462. The number of anilines is 1. The summed E-state index contributed by atoms with van der Waals surface area (Å²) in [6.45, 7) is 2.70. The van der Waals surface area contributed by atoms with Crippen LogP contribution in [0.25, 0.3) is 6.08 Å². The van der Waals surface area contributed by atoms with E-state index in [2.05, 4.69) is 17.0 Å². The Labute approximate surface area is 202 Å². The SMILES string of the molecule is COc1ccc(/C=C2/SC(=S)N(CC(=O)N3CCN(c4ccccc4)CC3)C2=O)cc1OC. The molecule has 9 heteroatoms. The fourth-order valence-electron chi connectivity index (χ4n) is 3.82. The molecule has 2 saturated heterocycles. The van der Waals surface area contributed by atoms with Gasteiger partial charge in [0.2, 0.25) is 5.91 Å². The topological polar surface area (TPSA) is 62.3 Å². The van der Waals surface area contributed by atoms with Crippen molar-refractivity contribution in [3.63, 3.8) is 0 Å². The third kappa shape index (κ3) is 5.15. The van der Waals surface area contributed by atoms with E-state index in [0.717, 1.165) is 24.3 Å². The van der Waals surface area contributed by atoms with Crippen molar-refractivity contribution in [1.82, 2.24) is 9.80 Å². The van der Waals surface area contributed by atoms with E-state index in [1.54, 1.807) is 37.3 Å². The number of carbonyl (C=O) groups is 2. The Bertz CT molecular complexity index is 1080. The molecular formula is C24H25N3O4S2. The zero-order valence-corrected chi connectivity index (χ0v) is 20.2. The first-order valence-electron chi connectivity index (χ1n) is 10.6. The average Bonchev–Trinajstić information content (AvgIpc) is 3.11. The molecule has 0 N–H and O–H groups in total. The minimum atomic E-state index is -0.254. The number of rotatable bonds is 6. The monoisotopic (exact) mass is 483 g/mol. The van der Waals surface area contributed by atoms with Gasteiger partial charge in [-0.05, 0) is 35.9 Å². The lowest BCUT2D eigenvalue weighted by Crippen LogP contribution is -2.51. The number of piperazine rings is 1. The molecule has 0 spiro atoms. The number of thioether (sulfide) groups is 1. The van der Waals surface area contributed by atoms with Crippen LogP contribution in [0.2, 0.25) is 0 Å². The van der Waals surface area contributed by atoms with E-state index >= 15 is 0 Å². The number of hydrogen-bond donors (Lipinski definition) is 0. The van der Waals surface area contributed by atoms with Crippen molar-refractivity contribution in [2.75, 3.05) is 51.8 Å². The summed E-state index contributed by atoms with van der Waals surface area (Å²) in [5.41, 5.74) is 1.94. The zero-order chi connectivity index (χ0) is 23.4. The summed E-state index contributed by atoms with van der Waals surface area (Å²) in [6.07, 6.45) is 1.75. The van der Waals surface area contributed by atoms with Crippen LogP contribution in [0, 0.1) is 0 Å². The smallest absolute Gasteiger partial charge is 0.266 e. The Morgan fingerprint density at radius 1 is 1.03 bits per heavy atom. The Hall–Kier alpha value is -3.04.